The number of amides is 1. The summed E-state index contributed by atoms with van der Waals surface area (Å²) in [7, 11) is 1.58. The number of hydrogen-bond acceptors (Lipinski definition) is 3. The zero-order chi connectivity index (χ0) is 18.2. The third-order valence-electron chi connectivity index (χ3n) is 3.60. The Morgan fingerprint density at radius 2 is 1.92 bits per heavy atom. The molecule has 4 nitrogen and oxygen atoms in total. The van der Waals surface area contributed by atoms with Crippen molar-refractivity contribution in [2.24, 2.45) is 0 Å². The molecule has 0 saturated carbocycles. The first-order chi connectivity index (χ1) is 12.0. The number of nitrogens with one attached hydrogen (secondary N) is 1. The molecule has 2 rings (SSSR count). The van der Waals surface area contributed by atoms with Crippen molar-refractivity contribution in [1.82, 2.24) is 5.32 Å². The number of carbonyl (C=O) groups excluding carboxylic acids is 1. The van der Waals surface area contributed by atoms with Crippen LogP contribution in [0.15, 0.2) is 48.5 Å². The largest absolute Gasteiger partial charge is 0.493 e. The van der Waals surface area contributed by atoms with E-state index in [1.54, 1.807) is 32.2 Å². The van der Waals surface area contributed by atoms with E-state index in [0.717, 1.165) is 11.1 Å². The van der Waals surface area contributed by atoms with E-state index < -0.39 is 6.10 Å². The van der Waals surface area contributed by atoms with Gasteiger partial charge in [0, 0.05) is 11.6 Å². The minimum absolute atomic E-state index is 0.200. The molecule has 0 aliphatic heterocycles. The standard InChI is InChI=1S/C20H22ClNO3/c1-4-5-15-8-11-18(19(12-15)24-3)25-14(2)20(23)22-13-16-6-9-17(21)10-7-16/h4-12,14H,13H2,1-3H3,(H,22,23)/b5-4+. The topological polar surface area (TPSA) is 47.6 Å². The summed E-state index contributed by atoms with van der Waals surface area (Å²) in [6.45, 7) is 4.07. The average molecular weight is 360 g/mol. The van der Waals surface area contributed by atoms with Gasteiger partial charge in [0.05, 0.1) is 7.11 Å². The quantitative estimate of drug-likeness (QED) is 0.793. The Bertz CT molecular complexity index is 741. The second-order valence-corrected chi connectivity index (χ2v) is 5.95. The van der Waals surface area contributed by atoms with Gasteiger partial charge in [-0.05, 0) is 49.2 Å². The van der Waals surface area contributed by atoms with Gasteiger partial charge in [-0.3, -0.25) is 4.79 Å². The monoisotopic (exact) mass is 359 g/mol. The summed E-state index contributed by atoms with van der Waals surface area (Å²) in [6.07, 6.45) is 3.27. The highest BCUT2D eigenvalue weighted by Crippen LogP contribution is 2.29. The van der Waals surface area contributed by atoms with E-state index in [9.17, 15) is 4.79 Å². The first-order valence-corrected chi connectivity index (χ1v) is 8.41. The summed E-state index contributed by atoms with van der Waals surface area (Å²) in [5.41, 5.74) is 1.98. The van der Waals surface area contributed by atoms with Crippen LogP contribution in [0.4, 0.5) is 0 Å². The average Bonchev–Trinajstić information content (AvgIpc) is 2.62. The highest BCUT2D eigenvalue weighted by molar-refractivity contribution is 6.30. The minimum atomic E-state index is -0.645. The van der Waals surface area contributed by atoms with Gasteiger partial charge in [0.15, 0.2) is 17.6 Å². The van der Waals surface area contributed by atoms with Crippen molar-refractivity contribution in [1.29, 1.82) is 0 Å². The van der Waals surface area contributed by atoms with E-state index in [0.29, 0.717) is 23.1 Å². The zero-order valence-corrected chi connectivity index (χ0v) is 15.3. The molecule has 0 bridgehead atoms. The van der Waals surface area contributed by atoms with Crippen molar-refractivity contribution < 1.29 is 14.3 Å². The Hall–Kier alpha value is -2.46. The van der Waals surface area contributed by atoms with Crippen LogP contribution in [0.1, 0.15) is 25.0 Å². The molecule has 2 aromatic carbocycles. The number of halogens is 1. The summed E-state index contributed by atoms with van der Waals surface area (Å²) in [6, 6.07) is 12.9. The van der Waals surface area contributed by atoms with Gasteiger partial charge in [0.25, 0.3) is 5.91 Å². The van der Waals surface area contributed by atoms with E-state index in [2.05, 4.69) is 5.32 Å². The van der Waals surface area contributed by atoms with Crippen LogP contribution in [0.3, 0.4) is 0 Å². The molecule has 5 heteroatoms. The first kappa shape index (κ1) is 18.9. The lowest BCUT2D eigenvalue weighted by Gasteiger charge is -2.17. The lowest BCUT2D eigenvalue weighted by atomic mass is 10.2. The van der Waals surface area contributed by atoms with E-state index in [1.807, 2.05) is 43.3 Å². The van der Waals surface area contributed by atoms with Crippen LogP contribution in [0.25, 0.3) is 6.08 Å². The molecule has 0 spiro atoms. The molecule has 0 radical (unpaired) electrons. The van der Waals surface area contributed by atoms with Gasteiger partial charge in [-0.2, -0.15) is 0 Å². The molecule has 132 valence electrons. The normalized spacial score (nSPS) is 12.0. The molecule has 1 unspecified atom stereocenters. The number of ether oxygens (including phenoxy) is 2. The summed E-state index contributed by atoms with van der Waals surface area (Å²) in [5.74, 6) is 0.924. The molecule has 0 heterocycles. The first-order valence-electron chi connectivity index (χ1n) is 8.03. The number of hydrogen-bond donors (Lipinski definition) is 1. The Balaban J connectivity index is 1.97. The number of carbonyl (C=O) groups is 1. The molecule has 1 amide bonds. The minimum Gasteiger partial charge on any atom is -0.493 e. The number of benzene rings is 2. The van der Waals surface area contributed by atoms with E-state index in [-0.39, 0.29) is 5.91 Å². The van der Waals surface area contributed by atoms with Gasteiger partial charge in [-0.25, -0.2) is 0 Å². The van der Waals surface area contributed by atoms with Gasteiger partial charge >= 0.3 is 0 Å². The third kappa shape index (κ3) is 5.54. The van der Waals surface area contributed by atoms with Gasteiger partial charge in [0.2, 0.25) is 0 Å². The highest BCUT2D eigenvalue weighted by atomic mass is 35.5. The van der Waals surface area contributed by atoms with Gasteiger partial charge < -0.3 is 14.8 Å². The molecular formula is C20H22ClNO3. The summed E-state index contributed by atoms with van der Waals surface area (Å²) in [4.78, 5) is 12.2. The SMILES string of the molecule is C/C=C/c1ccc(OC(C)C(=O)NCc2ccc(Cl)cc2)c(OC)c1. The predicted octanol–water partition coefficient (Wildman–Crippen LogP) is 4.47. The maximum atomic E-state index is 12.2. The van der Waals surface area contributed by atoms with Crippen molar-refractivity contribution in [3.63, 3.8) is 0 Å². The van der Waals surface area contributed by atoms with E-state index in [4.69, 9.17) is 21.1 Å². The van der Waals surface area contributed by atoms with Crippen molar-refractivity contribution in [2.45, 2.75) is 26.5 Å². The van der Waals surface area contributed by atoms with Crippen LogP contribution < -0.4 is 14.8 Å². The number of methoxy groups -OCH3 is 1. The zero-order valence-electron chi connectivity index (χ0n) is 14.6. The highest BCUT2D eigenvalue weighted by Gasteiger charge is 2.16. The molecule has 0 fully saturated rings. The molecule has 0 aliphatic rings. The fourth-order valence-electron chi connectivity index (χ4n) is 2.26. The summed E-state index contributed by atoms with van der Waals surface area (Å²) >= 11 is 5.85. The Kier molecular flexibility index (Phi) is 6.90. The number of allylic oxidation sites excluding steroid dienone is 1. The lowest BCUT2D eigenvalue weighted by molar-refractivity contribution is -0.127. The maximum Gasteiger partial charge on any atom is 0.261 e. The van der Waals surface area contributed by atoms with E-state index in [1.165, 1.54) is 0 Å². The molecule has 0 saturated heterocycles. The third-order valence-corrected chi connectivity index (χ3v) is 3.85. The van der Waals surface area contributed by atoms with E-state index >= 15 is 0 Å². The fourth-order valence-corrected chi connectivity index (χ4v) is 2.38. The molecular weight excluding hydrogens is 338 g/mol. The van der Waals surface area contributed by atoms with Crippen molar-refractivity contribution in [3.8, 4) is 11.5 Å². The Labute approximate surface area is 153 Å². The fraction of sp³-hybridized carbons (Fsp3) is 0.250. The number of rotatable bonds is 7. The van der Waals surface area contributed by atoms with Crippen LogP contribution in [0, 0.1) is 0 Å². The van der Waals surface area contributed by atoms with Crippen molar-refractivity contribution in [3.05, 3.63) is 64.7 Å². The summed E-state index contributed by atoms with van der Waals surface area (Å²) in [5, 5.41) is 3.52. The van der Waals surface area contributed by atoms with Gasteiger partial charge in [-0.15, -0.1) is 0 Å². The molecule has 2 aromatic rings. The predicted molar refractivity (Wildman–Crippen MR) is 101 cm³/mol. The van der Waals surface area contributed by atoms with Crippen LogP contribution >= 0.6 is 11.6 Å². The Morgan fingerprint density at radius 3 is 2.56 bits per heavy atom. The van der Waals surface area contributed by atoms with Crippen molar-refractivity contribution >= 4 is 23.6 Å². The lowest BCUT2D eigenvalue weighted by Crippen LogP contribution is -2.35. The molecule has 1 atom stereocenters. The van der Waals surface area contributed by atoms with Crippen LogP contribution in [0.2, 0.25) is 5.02 Å². The molecule has 1 N–H and O–H groups in total. The van der Waals surface area contributed by atoms with Gasteiger partial charge in [0.1, 0.15) is 0 Å². The second-order valence-electron chi connectivity index (χ2n) is 5.51. The summed E-state index contributed by atoms with van der Waals surface area (Å²) < 4.78 is 11.1. The molecule has 0 aromatic heterocycles. The van der Waals surface area contributed by atoms with Crippen LogP contribution in [-0.4, -0.2) is 19.1 Å². The molecule has 25 heavy (non-hydrogen) atoms. The maximum absolute atomic E-state index is 12.2. The van der Waals surface area contributed by atoms with Crippen LogP contribution in [0.5, 0.6) is 11.5 Å². The Morgan fingerprint density at radius 1 is 1.20 bits per heavy atom. The van der Waals surface area contributed by atoms with Gasteiger partial charge in [-0.1, -0.05) is 42.0 Å². The molecule has 0 aliphatic carbocycles. The second kappa shape index (κ2) is 9.14. The smallest absolute Gasteiger partial charge is 0.261 e. The van der Waals surface area contributed by atoms with Crippen molar-refractivity contribution in [2.75, 3.05) is 7.11 Å². The van der Waals surface area contributed by atoms with Crippen LogP contribution in [-0.2, 0) is 11.3 Å².